The fourth-order valence-electron chi connectivity index (χ4n) is 1.97. The Bertz CT molecular complexity index is 486. The van der Waals surface area contributed by atoms with Gasteiger partial charge in [-0.15, -0.1) is 0 Å². The normalized spacial score (nSPS) is 16.0. The number of benzene rings is 1. The van der Waals surface area contributed by atoms with Crippen molar-refractivity contribution < 1.29 is 9.53 Å². The van der Waals surface area contributed by atoms with Gasteiger partial charge in [0.05, 0.1) is 12.2 Å². The number of rotatable bonds is 7. The van der Waals surface area contributed by atoms with Gasteiger partial charge in [0, 0.05) is 0 Å². The summed E-state index contributed by atoms with van der Waals surface area (Å²) in [6.45, 7) is 15.4. The number of aliphatic hydroxyl groups excluding tert-OH is 1. The third-order valence-electron chi connectivity index (χ3n) is 4.81. The van der Waals surface area contributed by atoms with Gasteiger partial charge in [0.15, 0.2) is 8.32 Å². The summed E-state index contributed by atoms with van der Waals surface area (Å²) < 4.78 is 6.60. The molecule has 2 atom stereocenters. The fraction of sp³-hybridized carbons (Fsp3) is 0.600. The number of hydrogen-bond donors (Lipinski definition) is 1. The van der Waals surface area contributed by atoms with Crippen LogP contribution in [0.5, 0.6) is 0 Å². The van der Waals surface area contributed by atoms with E-state index in [-0.39, 0.29) is 23.2 Å². The second kappa shape index (κ2) is 8.27. The maximum atomic E-state index is 9.99. The topological polar surface area (TPSA) is 29.5 Å². The Labute approximate surface area is 143 Å². The number of hydrogen-bond acceptors (Lipinski definition) is 2. The van der Waals surface area contributed by atoms with E-state index in [2.05, 4.69) is 58.2 Å². The van der Waals surface area contributed by atoms with Crippen molar-refractivity contribution in [3.05, 3.63) is 48.0 Å². The van der Waals surface area contributed by atoms with Crippen LogP contribution in [0.1, 0.15) is 52.7 Å². The molecule has 0 aliphatic rings. The zero-order chi connectivity index (χ0) is 17.7. The highest BCUT2D eigenvalue weighted by molar-refractivity contribution is 6.74. The molecular formula is C20H34O2Si. The van der Waals surface area contributed by atoms with Crippen LogP contribution in [-0.4, -0.2) is 19.5 Å². The fourth-order valence-corrected chi connectivity index (χ4v) is 3.17. The standard InChI is InChI=1S/C20H34O2Si/c1-16(2)18(21)14-11-15-19(17-12-9-8-10-13-17)22-23(6,7)20(3,4)5/h8-13,15-16,18-19,21H,14H2,1-7H3/b15-11+/t18-,19-/m0/s1. The molecule has 0 unspecified atom stereocenters. The third kappa shape index (κ3) is 6.25. The Morgan fingerprint density at radius 2 is 1.70 bits per heavy atom. The van der Waals surface area contributed by atoms with Crippen LogP contribution in [0, 0.1) is 5.92 Å². The molecule has 0 heterocycles. The lowest BCUT2D eigenvalue weighted by Crippen LogP contribution is -2.41. The van der Waals surface area contributed by atoms with E-state index in [9.17, 15) is 5.11 Å². The molecule has 0 bridgehead atoms. The molecule has 23 heavy (non-hydrogen) atoms. The van der Waals surface area contributed by atoms with Crippen molar-refractivity contribution in [1.82, 2.24) is 0 Å². The first-order valence-electron chi connectivity index (χ1n) is 8.62. The largest absolute Gasteiger partial charge is 0.407 e. The average Bonchev–Trinajstić information content (AvgIpc) is 2.45. The Morgan fingerprint density at radius 1 is 1.13 bits per heavy atom. The van der Waals surface area contributed by atoms with Crippen LogP contribution in [0.4, 0.5) is 0 Å². The highest BCUT2D eigenvalue weighted by Crippen LogP contribution is 2.40. The van der Waals surface area contributed by atoms with Gasteiger partial charge in [-0.25, -0.2) is 0 Å². The van der Waals surface area contributed by atoms with Crippen molar-refractivity contribution in [1.29, 1.82) is 0 Å². The van der Waals surface area contributed by atoms with Gasteiger partial charge in [-0.2, -0.15) is 0 Å². The molecule has 0 saturated heterocycles. The maximum Gasteiger partial charge on any atom is 0.193 e. The van der Waals surface area contributed by atoms with Crippen LogP contribution in [0.2, 0.25) is 18.1 Å². The Balaban J connectivity index is 2.94. The van der Waals surface area contributed by atoms with Gasteiger partial charge in [-0.05, 0) is 36.0 Å². The summed E-state index contributed by atoms with van der Waals surface area (Å²) in [5.41, 5.74) is 1.17. The SMILES string of the molecule is CC(C)[C@@H](O)C/C=C/[C@H](O[Si](C)(C)C(C)(C)C)c1ccccc1. The molecule has 0 amide bonds. The quantitative estimate of drug-likeness (QED) is 0.511. The number of aliphatic hydroxyl groups is 1. The molecule has 130 valence electrons. The first kappa shape index (κ1) is 20.1. The predicted octanol–water partition coefficient (Wildman–Crippen LogP) is 5.71. The Hall–Kier alpha value is -0.903. The summed E-state index contributed by atoms with van der Waals surface area (Å²) in [5.74, 6) is 0.274. The lowest BCUT2D eigenvalue weighted by Gasteiger charge is -2.38. The smallest absolute Gasteiger partial charge is 0.193 e. The molecule has 2 nitrogen and oxygen atoms in total. The maximum absolute atomic E-state index is 9.99. The summed E-state index contributed by atoms with van der Waals surface area (Å²) in [5, 5.41) is 10.2. The Kier molecular flexibility index (Phi) is 7.24. The van der Waals surface area contributed by atoms with Crippen molar-refractivity contribution in [2.24, 2.45) is 5.92 Å². The van der Waals surface area contributed by atoms with Gasteiger partial charge in [0.2, 0.25) is 0 Å². The van der Waals surface area contributed by atoms with Crippen LogP contribution < -0.4 is 0 Å². The second-order valence-electron chi connectivity index (χ2n) is 8.18. The first-order chi connectivity index (χ1) is 10.5. The molecular weight excluding hydrogens is 300 g/mol. The molecule has 0 fully saturated rings. The van der Waals surface area contributed by atoms with Crippen molar-refractivity contribution in [3.8, 4) is 0 Å². The third-order valence-corrected chi connectivity index (χ3v) is 9.27. The summed E-state index contributed by atoms with van der Waals surface area (Å²) in [6.07, 6.45) is 4.51. The van der Waals surface area contributed by atoms with Crippen molar-refractivity contribution in [2.45, 2.75) is 71.4 Å². The van der Waals surface area contributed by atoms with Crippen molar-refractivity contribution in [2.75, 3.05) is 0 Å². The predicted molar refractivity (Wildman–Crippen MR) is 102 cm³/mol. The minimum Gasteiger partial charge on any atom is -0.407 e. The first-order valence-corrected chi connectivity index (χ1v) is 11.5. The van der Waals surface area contributed by atoms with E-state index < -0.39 is 8.32 Å². The van der Waals surface area contributed by atoms with Crippen LogP contribution in [0.25, 0.3) is 0 Å². The van der Waals surface area contributed by atoms with Gasteiger partial charge in [-0.3, -0.25) is 0 Å². The zero-order valence-corrected chi connectivity index (χ0v) is 16.8. The van der Waals surface area contributed by atoms with E-state index in [0.717, 1.165) is 0 Å². The summed E-state index contributed by atoms with van der Waals surface area (Å²) in [7, 11) is -1.86. The van der Waals surface area contributed by atoms with E-state index in [4.69, 9.17) is 4.43 Å². The molecule has 0 aliphatic carbocycles. The van der Waals surface area contributed by atoms with Gasteiger partial charge in [0.25, 0.3) is 0 Å². The Morgan fingerprint density at radius 3 is 2.17 bits per heavy atom. The van der Waals surface area contributed by atoms with Crippen LogP contribution in [0.15, 0.2) is 42.5 Å². The highest BCUT2D eigenvalue weighted by Gasteiger charge is 2.39. The lowest BCUT2D eigenvalue weighted by molar-refractivity contribution is 0.128. The van der Waals surface area contributed by atoms with Crippen molar-refractivity contribution >= 4 is 8.32 Å². The van der Waals surface area contributed by atoms with E-state index in [1.165, 1.54) is 5.56 Å². The summed E-state index contributed by atoms with van der Waals surface area (Å²) in [6, 6.07) is 10.4. The lowest BCUT2D eigenvalue weighted by atomic mass is 10.0. The van der Waals surface area contributed by atoms with Gasteiger partial charge >= 0.3 is 0 Å². The minimum absolute atomic E-state index is 0.0450. The molecule has 0 aromatic heterocycles. The summed E-state index contributed by atoms with van der Waals surface area (Å²) in [4.78, 5) is 0. The average molecular weight is 335 g/mol. The highest BCUT2D eigenvalue weighted by atomic mass is 28.4. The molecule has 3 heteroatoms. The monoisotopic (exact) mass is 334 g/mol. The molecule has 0 saturated carbocycles. The van der Waals surface area contributed by atoms with Gasteiger partial charge < -0.3 is 9.53 Å². The van der Waals surface area contributed by atoms with E-state index in [1.807, 2.05) is 32.0 Å². The molecule has 1 N–H and O–H groups in total. The van der Waals surface area contributed by atoms with E-state index >= 15 is 0 Å². The van der Waals surface area contributed by atoms with E-state index in [1.54, 1.807) is 0 Å². The van der Waals surface area contributed by atoms with Crippen molar-refractivity contribution in [3.63, 3.8) is 0 Å². The molecule has 0 aliphatic heterocycles. The van der Waals surface area contributed by atoms with Gasteiger partial charge in [-0.1, -0.05) is 77.1 Å². The molecule has 1 aromatic carbocycles. The van der Waals surface area contributed by atoms with Gasteiger partial charge in [0.1, 0.15) is 0 Å². The summed E-state index contributed by atoms with van der Waals surface area (Å²) >= 11 is 0. The molecule has 0 radical (unpaired) electrons. The zero-order valence-electron chi connectivity index (χ0n) is 15.8. The minimum atomic E-state index is -1.86. The molecule has 1 aromatic rings. The molecule has 0 spiro atoms. The van der Waals surface area contributed by atoms with Crippen LogP contribution in [0.3, 0.4) is 0 Å². The second-order valence-corrected chi connectivity index (χ2v) is 12.9. The van der Waals surface area contributed by atoms with Crippen LogP contribution >= 0.6 is 0 Å². The van der Waals surface area contributed by atoms with E-state index in [0.29, 0.717) is 6.42 Å². The molecule has 1 rings (SSSR count). The van der Waals surface area contributed by atoms with Crippen LogP contribution in [-0.2, 0) is 4.43 Å².